The van der Waals surface area contributed by atoms with Gasteiger partial charge >= 0.3 is 21.1 Å². The Morgan fingerprint density at radius 2 is 1.57 bits per heavy atom. The maximum atomic E-state index is 11.8. The highest BCUT2D eigenvalue weighted by atomic mass is 27.3. The molecule has 0 amide bonds. The summed E-state index contributed by atoms with van der Waals surface area (Å²) in [5.41, 5.74) is -0.0606. The Morgan fingerprint density at radius 1 is 1.09 bits per heavy atom. The van der Waals surface area contributed by atoms with E-state index >= 15 is 0 Å². The second-order valence-electron chi connectivity index (χ2n) is 7.04. The number of allylic oxidation sites excluding steroid dienone is 1. The quantitative estimate of drug-likeness (QED) is 0.258. The first-order chi connectivity index (χ1) is 10.6. The number of carbonyl (C=O) groups excluding carboxylic acids is 1. The monoisotopic (exact) mass is 344 g/mol. The summed E-state index contributed by atoms with van der Waals surface area (Å²) in [5, 5.41) is 0. The van der Waals surface area contributed by atoms with E-state index in [9.17, 15) is 4.79 Å². The fourth-order valence-corrected chi connectivity index (χ4v) is 3.03. The van der Waals surface area contributed by atoms with Crippen molar-refractivity contribution in [3.05, 3.63) is 11.8 Å². The van der Waals surface area contributed by atoms with E-state index in [0.29, 0.717) is 12.4 Å². The van der Waals surface area contributed by atoms with Crippen LogP contribution in [-0.2, 0) is 20.9 Å². The van der Waals surface area contributed by atoms with Crippen molar-refractivity contribution >= 4 is 21.1 Å². The van der Waals surface area contributed by atoms with Gasteiger partial charge in [-0.25, -0.2) is 4.79 Å². The van der Waals surface area contributed by atoms with Crippen LogP contribution in [0.2, 0.25) is 0 Å². The molecule has 0 radical (unpaired) electrons. The lowest BCUT2D eigenvalue weighted by Gasteiger charge is -2.21. The molecule has 2 atom stereocenters. The standard InChI is InChI=1S/C9H16O3.2C4H9O.Al/c1-7(10)5-8(11)12-6-9(2,3)4;2*1-3-4(2)5;/h5,10H,6H2,1-4H3;2*4H,3H2,1-2H3;/q;2*-1;+3/p-1/b7-5-;;;. The molecular formula is C17H33AlO5. The third kappa shape index (κ3) is 12.5. The molecule has 6 heteroatoms. The number of rotatable bonds is 10. The fourth-order valence-electron chi connectivity index (χ4n) is 1.34. The summed E-state index contributed by atoms with van der Waals surface area (Å²) in [6.45, 7) is 16.2. The number of carbonyl (C=O) groups is 1. The molecule has 2 unspecified atom stereocenters. The molecule has 0 spiro atoms. The maximum absolute atomic E-state index is 11.8. The average Bonchev–Trinajstić information content (AvgIpc) is 2.43. The van der Waals surface area contributed by atoms with E-state index in [4.69, 9.17) is 16.1 Å². The molecule has 0 aliphatic carbocycles. The Balaban J connectivity index is 4.63. The number of ether oxygens (including phenoxy) is 1. The van der Waals surface area contributed by atoms with E-state index in [0.717, 1.165) is 12.8 Å². The highest BCUT2D eigenvalue weighted by Crippen LogP contribution is 2.14. The molecule has 0 saturated carbocycles. The van der Waals surface area contributed by atoms with Gasteiger partial charge in [-0.15, -0.1) is 0 Å². The molecule has 0 aromatic heterocycles. The van der Waals surface area contributed by atoms with Crippen molar-refractivity contribution in [3.8, 4) is 0 Å². The first kappa shape index (κ1) is 22.5. The summed E-state index contributed by atoms with van der Waals surface area (Å²) in [4.78, 5) is 11.8. The number of hydrogen-bond donors (Lipinski definition) is 0. The molecule has 0 rings (SSSR count). The summed E-state index contributed by atoms with van der Waals surface area (Å²) < 4.78 is 22.6. The molecule has 0 saturated heterocycles. The van der Waals surface area contributed by atoms with Crippen molar-refractivity contribution in [2.75, 3.05) is 6.61 Å². The van der Waals surface area contributed by atoms with E-state index in [1.165, 1.54) is 6.08 Å². The van der Waals surface area contributed by atoms with E-state index in [1.54, 1.807) is 6.92 Å². The van der Waals surface area contributed by atoms with E-state index in [1.807, 2.05) is 48.5 Å². The van der Waals surface area contributed by atoms with Crippen LogP contribution in [0.15, 0.2) is 11.8 Å². The zero-order valence-electron chi connectivity index (χ0n) is 16.0. The fraction of sp³-hybridized carbons (Fsp3) is 0.824. The molecule has 0 fully saturated rings. The van der Waals surface area contributed by atoms with Gasteiger partial charge in [0.1, 0.15) is 0 Å². The van der Waals surface area contributed by atoms with Crippen molar-refractivity contribution in [3.63, 3.8) is 0 Å². The number of esters is 1. The van der Waals surface area contributed by atoms with Crippen LogP contribution < -0.4 is 0 Å². The van der Waals surface area contributed by atoms with Gasteiger partial charge in [0.25, 0.3) is 0 Å². The van der Waals surface area contributed by atoms with Gasteiger partial charge in [0.2, 0.25) is 0 Å². The molecule has 0 aromatic carbocycles. The lowest BCUT2D eigenvalue weighted by Crippen LogP contribution is -2.33. The van der Waals surface area contributed by atoms with Crippen molar-refractivity contribution < 1.29 is 20.9 Å². The molecule has 0 aliphatic heterocycles. The van der Waals surface area contributed by atoms with Gasteiger partial charge in [0.05, 0.1) is 18.4 Å². The zero-order chi connectivity index (χ0) is 18.0. The molecule has 0 bridgehead atoms. The SMILES string of the molecule is CCC(C)[O][Al]([O]/C(C)=C\C(=O)OCC(C)(C)C)[O]C(C)CC. The minimum absolute atomic E-state index is 0.0606. The van der Waals surface area contributed by atoms with Crippen LogP contribution in [0.4, 0.5) is 0 Å². The van der Waals surface area contributed by atoms with Crippen LogP contribution >= 0.6 is 0 Å². The number of hydrogen-bond acceptors (Lipinski definition) is 5. The molecule has 0 aromatic rings. The summed E-state index contributed by atoms with van der Waals surface area (Å²) in [6, 6.07) is 0. The highest BCUT2D eigenvalue weighted by Gasteiger charge is 2.38. The highest BCUT2D eigenvalue weighted by molar-refractivity contribution is 6.37. The van der Waals surface area contributed by atoms with Gasteiger partial charge in [-0.3, -0.25) is 0 Å². The largest absolute Gasteiger partial charge is 1.00 e. The lowest BCUT2D eigenvalue weighted by atomic mass is 9.99. The predicted molar refractivity (Wildman–Crippen MR) is 92.7 cm³/mol. The Hall–Kier alpha value is -0.538. The second kappa shape index (κ2) is 11.1. The topological polar surface area (TPSA) is 54.0 Å². The van der Waals surface area contributed by atoms with E-state index < -0.39 is 21.1 Å². The van der Waals surface area contributed by atoms with Crippen LogP contribution in [0.3, 0.4) is 0 Å². The first-order valence-electron chi connectivity index (χ1n) is 8.40. The molecule has 23 heavy (non-hydrogen) atoms. The Bertz CT molecular complexity index is 364. The first-order valence-corrected chi connectivity index (χ1v) is 9.81. The van der Waals surface area contributed by atoms with Gasteiger partial charge in [-0.1, -0.05) is 34.6 Å². The predicted octanol–water partition coefficient (Wildman–Crippen LogP) is 4.11. The third-order valence-corrected chi connectivity index (χ3v) is 5.03. The molecule has 5 nitrogen and oxygen atoms in total. The molecule has 134 valence electrons. The van der Waals surface area contributed by atoms with Crippen LogP contribution in [0.25, 0.3) is 0 Å². The van der Waals surface area contributed by atoms with Gasteiger partial charge in [0.15, 0.2) is 0 Å². The van der Waals surface area contributed by atoms with E-state index in [2.05, 4.69) is 0 Å². The van der Waals surface area contributed by atoms with Gasteiger partial charge < -0.3 is 16.1 Å². The smallest absolute Gasteiger partial charge is 0.602 e. The third-order valence-electron chi connectivity index (χ3n) is 3.09. The minimum Gasteiger partial charge on any atom is -0.602 e. The maximum Gasteiger partial charge on any atom is 1.00 e. The summed E-state index contributed by atoms with van der Waals surface area (Å²) in [7, 11) is 0. The van der Waals surface area contributed by atoms with Crippen LogP contribution in [-0.4, -0.2) is 39.9 Å². The molecular weight excluding hydrogens is 311 g/mol. The Kier molecular flexibility index (Phi) is 10.8. The summed E-state index contributed by atoms with van der Waals surface area (Å²) in [6.07, 6.45) is 3.25. The zero-order valence-corrected chi connectivity index (χ0v) is 17.1. The van der Waals surface area contributed by atoms with Crippen molar-refractivity contribution in [1.29, 1.82) is 0 Å². The summed E-state index contributed by atoms with van der Waals surface area (Å²) >= 11 is -2.33. The van der Waals surface area contributed by atoms with E-state index in [-0.39, 0.29) is 17.6 Å². The molecule has 0 N–H and O–H groups in total. The average molecular weight is 344 g/mol. The van der Waals surface area contributed by atoms with Gasteiger partial charge in [0, 0.05) is 12.2 Å². The van der Waals surface area contributed by atoms with Crippen LogP contribution in [0, 0.1) is 5.41 Å². The van der Waals surface area contributed by atoms with Gasteiger partial charge in [-0.05, 0) is 39.0 Å². The Labute approximate surface area is 146 Å². The second-order valence-corrected chi connectivity index (χ2v) is 8.40. The van der Waals surface area contributed by atoms with Crippen molar-refractivity contribution in [2.45, 2.75) is 80.4 Å². The molecule has 0 heterocycles. The lowest BCUT2D eigenvalue weighted by molar-refractivity contribution is -0.140. The van der Waals surface area contributed by atoms with Crippen molar-refractivity contribution in [2.24, 2.45) is 5.41 Å². The van der Waals surface area contributed by atoms with Crippen LogP contribution in [0.5, 0.6) is 0 Å². The normalized spacial score (nSPS) is 15.0. The van der Waals surface area contributed by atoms with Crippen molar-refractivity contribution in [1.82, 2.24) is 0 Å². The minimum atomic E-state index is -2.33. The molecule has 0 aliphatic rings. The summed E-state index contributed by atoms with van der Waals surface area (Å²) in [5.74, 6) is 0.0597. The van der Waals surface area contributed by atoms with Crippen LogP contribution in [0.1, 0.15) is 68.2 Å². The van der Waals surface area contributed by atoms with Gasteiger partial charge in [-0.2, -0.15) is 0 Å². The Morgan fingerprint density at radius 3 is 1.96 bits per heavy atom.